The third-order valence-corrected chi connectivity index (χ3v) is 4.99. The van der Waals surface area contributed by atoms with Crippen LogP contribution in [0, 0.1) is 24.2 Å². The number of rotatable bonds is 11. The maximum Gasteiger partial charge on any atom is 0.129 e. The van der Waals surface area contributed by atoms with Crippen molar-refractivity contribution in [2.45, 2.75) is 40.2 Å². The first kappa shape index (κ1) is 25.7. The van der Waals surface area contributed by atoms with Gasteiger partial charge in [0, 0.05) is 5.57 Å². The molecule has 0 saturated carbocycles. The molecule has 1 rings (SSSR count). The van der Waals surface area contributed by atoms with E-state index in [1.54, 1.807) is 6.08 Å². The molecule has 3 nitrogen and oxygen atoms in total. The fourth-order valence-electron chi connectivity index (χ4n) is 3.23. The quantitative estimate of drug-likeness (QED) is 0.185. The fraction of sp³-hybridized carbons (Fsp3) is 0.286. The van der Waals surface area contributed by atoms with E-state index in [0.717, 1.165) is 40.1 Å². The Morgan fingerprint density at radius 1 is 1.19 bits per heavy atom. The standard InChI is InChI=1S/C28H35N3/c1-9-12-15-25(20(4)5)27(18-21(6)11-3)28(30-17-10-2)31-23(8)26-16-13-14-24(19-29)22(26)7/h9-11,13-16,18,21,23H,1-4,12,17H2,5-8H3,(H,30,31)/b25-15-,27-18+/t21?,23-/m1/s1. The molecule has 1 unspecified atom stereocenters. The molecular weight excluding hydrogens is 378 g/mol. The maximum absolute atomic E-state index is 9.40. The van der Waals surface area contributed by atoms with Crippen molar-refractivity contribution in [1.29, 1.82) is 5.26 Å². The van der Waals surface area contributed by atoms with Crippen LogP contribution in [0.4, 0.5) is 0 Å². The number of nitrogens with one attached hydrogen (secondary N) is 1. The van der Waals surface area contributed by atoms with Crippen molar-refractivity contribution >= 4 is 5.84 Å². The van der Waals surface area contributed by atoms with Crippen molar-refractivity contribution in [2.75, 3.05) is 6.54 Å². The third kappa shape index (κ3) is 7.42. The minimum atomic E-state index is -0.0509. The van der Waals surface area contributed by atoms with Crippen LogP contribution >= 0.6 is 0 Å². The Bertz CT molecular complexity index is 951. The summed E-state index contributed by atoms with van der Waals surface area (Å²) in [6.45, 7) is 24.4. The Labute approximate surface area is 188 Å². The van der Waals surface area contributed by atoms with E-state index < -0.39 is 0 Å². The summed E-state index contributed by atoms with van der Waals surface area (Å²) in [4.78, 5) is 4.79. The molecule has 0 bridgehead atoms. The van der Waals surface area contributed by atoms with Crippen molar-refractivity contribution in [3.8, 4) is 6.07 Å². The molecule has 2 atom stereocenters. The van der Waals surface area contributed by atoms with Crippen LogP contribution in [0.15, 0.2) is 96.6 Å². The van der Waals surface area contributed by atoms with Crippen molar-refractivity contribution in [3.63, 3.8) is 0 Å². The summed E-state index contributed by atoms with van der Waals surface area (Å²) in [6, 6.07) is 8.02. The highest BCUT2D eigenvalue weighted by Crippen LogP contribution is 2.25. The fourth-order valence-corrected chi connectivity index (χ4v) is 3.23. The second-order valence-electron chi connectivity index (χ2n) is 7.57. The molecular formula is C28H35N3. The Balaban J connectivity index is 3.56. The van der Waals surface area contributed by atoms with Gasteiger partial charge in [0.2, 0.25) is 0 Å². The molecule has 0 radical (unpaired) electrons. The van der Waals surface area contributed by atoms with E-state index in [0.29, 0.717) is 12.1 Å². The molecule has 1 N–H and O–H groups in total. The van der Waals surface area contributed by atoms with Gasteiger partial charge in [0.05, 0.1) is 24.2 Å². The second-order valence-corrected chi connectivity index (χ2v) is 7.57. The first-order chi connectivity index (χ1) is 14.8. The van der Waals surface area contributed by atoms with E-state index in [1.807, 2.05) is 44.2 Å². The van der Waals surface area contributed by atoms with Gasteiger partial charge in [-0.3, -0.25) is 4.99 Å². The van der Waals surface area contributed by atoms with E-state index in [-0.39, 0.29) is 12.0 Å². The summed E-state index contributed by atoms with van der Waals surface area (Å²) in [5, 5.41) is 13.0. The van der Waals surface area contributed by atoms with Gasteiger partial charge in [0.25, 0.3) is 0 Å². The molecule has 0 aliphatic heterocycles. The molecule has 0 heterocycles. The van der Waals surface area contributed by atoms with Crippen molar-refractivity contribution in [3.05, 3.63) is 108 Å². The van der Waals surface area contributed by atoms with Crippen LogP contribution in [0.25, 0.3) is 0 Å². The van der Waals surface area contributed by atoms with Gasteiger partial charge < -0.3 is 5.32 Å². The molecule has 1 aromatic rings. The molecule has 0 aliphatic carbocycles. The average molecular weight is 414 g/mol. The van der Waals surface area contributed by atoms with Crippen LogP contribution in [0.2, 0.25) is 0 Å². The predicted octanol–water partition coefficient (Wildman–Crippen LogP) is 6.93. The Morgan fingerprint density at radius 3 is 2.45 bits per heavy atom. The van der Waals surface area contributed by atoms with Crippen molar-refractivity contribution in [1.82, 2.24) is 5.32 Å². The highest BCUT2D eigenvalue weighted by atomic mass is 15.0. The highest BCUT2D eigenvalue weighted by molar-refractivity contribution is 6.03. The summed E-state index contributed by atoms with van der Waals surface area (Å²) < 4.78 is 0. The van der Waals surface area contributed by atoms with E-state index in [1.165, 1.54) is 0 Å². The molecule has 0 fully saturated rings. The smallest absolute Gasteiger partial charge is 0.129 e. The summed E-state index contributed by atoms with van der Waals surface area (Å²) in [6.07, 6.45) is 10.5. The number of amidine groups is 1. The largest absolute Gasteiger partial charge is 0.363 e. The van der Waals surface area contributed by atoms with Crippen LogP contribution in [-0.4, -0.2) is 12.4 Å². The molecule has 0 spiro atoms. The SMILES string of the molecule is C=CC\C=C(C(=C)C)/C(=C\C(C)C=C)C(=N\CC=C)/N[C@H](C)c1cccc(C#N)c1C. The second kappa shape index (κ2) is 13.0. The summed E-state index contributed by atoms with van der Waals surface area (Å²) >= 11 is 0. The zero-order valence-electron chi connectivity index (χ0n) is 19.4. The van der Waals surface area contributed by atoms with Crippen LogP contribution in [-0.2, 0) is 0 Å². The van der Waals surface area contributed by atoms with Crippen LogP contribution in [0.1, 0.15) is 49.9 Å². The van der Waals surface area contributed by atoms with Crippen molar-refractivity contribution < 1.29 is 0 Å². The first-order valence-corrected chi connectivity index (χ1v) is 10.5. The van der Waals surface area contributed by atoms with Gasteiger partial charge in [0.15, 0.2) is 0 Å². The van der Waals surface area contributed by atoms with Crippen LogP contribution < -0.4 is 5.32 Å². The zero-order chi connectivity index (χ0) is 23.4. The third-order valence-electron chi connectivity index (χ3n) is 4.99. The molecule has 31 heavy (non-hydrogen) atoms. The lowest BCUT2D eigenvalue weighted by molar-refractivity contribution is 0.708. The van der Waals surface area contributed by atoms with Crippen LogP contribution in [0.3, 0.4) is 0 Å². The monoisotopic (exact) mass is 413 g/mol. The summed E-state index contributed by atoms with van der Waals surface area (Å²) in [5.41, 5.74) is 5.67. The number of nitriles is 1. The molecule has 3 heteroatoms. The minimum Gasteiger partial charge on any atom is -0.363 e. The van der Waals surface area contributed by atoms with Crippen molar-refractivity contribution in [2.24, 2.45) is 10.9 Å². The molecule has 0 aliphatic rings. The number of hydrogen-bond donors (Lipinski definition) is 1. The van der Waals surface area contributed by atoms with Gasteiger partial charge in [-0.25, -0.2) is 0 Å². The maximum atomic E-state index is 9.40. The van der Waals surface area contributed by atoms with Gasteiger partial charge in [-0.15, -0.1) is 19.7 Å². The number of aliphatic imine (C=N–C) groups is 1. The van der Waals surface area contributed by atoms with E-state index in [2.05, 4.69) is 63.7 Å². The van der Waals surface area contributed by atoms with Gasteiger partial charge in [0.1, 0.15) is 5.84 Å². The average Bonchev–Trinajstić information content (AvgIpc) is 2.75. The lowest BCUT2D eigenvalue weighted by Gasteiger charge is -2.23. The number of hydrogen-bond acceptors (Lipinski definition) is 2. The minimum absolute atomic E-state index is 0.0509. The number of nitrogens with zero attached hydrogens (tertiary/aromatic N) is 2. The van der Waals surface area contributed by atoms with Gasteiger partial charge in [-0.1, -0.05) is 61.6 Å². The van der Waals surface area contributed by atoms with E-state index in [9.17, 15) is 5.26 Å². The lowest BCUT2D eigenvalue weighted by Crippen LogP contribution is -2.30. The van der Waals surface area contributed by atoms with E-state index >= 15 is 0 Å². The molecule has 1 aromatic carbocycles. The van der Waals surface area contributed by atoms with Gasteiger partial charge in [-0.05, 0) is 55.9 Å². The van der Waals surface area contributed by atoms with Gasteiger partial charge >= 0.3 is 0 Å². The van der Waals surface area contributed by atoms with E-state index in [4.69, 9.17) is 4.99 Å². The Hall–Kier alpha value is -3.38. The Kier molecular flexibility index (Phi) is 10.8. The van der Waals surface area contributed by atoms with Crippen LogP contribution in [0.5, 0.6) is 0 Å². The zero-order valence-corrected chi connectivity index (χ0v) is 19.4. The normalized spacial score (nSPS) is 14.2. The number of allylic oxidation sites excluding steroid dienone is 5. The number of benzene rings is 1. The first-order valence-electron chi connectivity index (χ1n) is 10.5. The molecule has 0 saturated heterocycles. The summed E-state index contributed by atoms with van der Waals surface area (Å²) in [7, 11) is 0. The topological polar surface area (TPSA) is 48.2 Å². The molecule has 0 aromatic heterocycles. The highest BCUT2D eigenvalue weighted by Gasteiger charge is 2.18. The predicted molar refractivity (Wildman–Crippen MR) is 135 cm³/mol. The lowest BCUT2D eigenvalue weighted by atomic mass is 9.93. The molecule has 162 valence electrons. The summed E-state index contributed by atoms with van der Waals surface area (Å²) in [5.74, 6) is 0.914. The molecule has 0 amide bonds. The van der Waals surface area contributed by atoms with Gasteiger partial charge in [-0.2, -0.15) is 5.26 Å². The Morgan fingerprint density at radius 2 is 1.90 bits per heavy atom.